The van der Waals surface area contributed by atoms with Crippen LogP contribution in [0.4, 0.5) is 0 Å². The van der Waals surface area contributed by atoms with Crippen LogP contribution in [0, 0.1) is 0 Å². The summed E-state index contributed by atoms with van der Waals surface area (Å²) in [5.74, 6) is 0.770. The summed E-state index contributed by atoms with van der Waals surface area (Å²) in [6, 6.07) is 0. The summed E-state index contributed by atoms with van der Waals surface area (Å²) < 4.78 is 0.638. The van der Waals surface area contributed by atoms with Gasteiger partial charge in [0.2, 0.25) is 0 Å². The zero-order valence-electron chi connectivity index (χ0n) is 3.83. The van der Waals surface area contributed by atoms with E-state index in [1.807, 2.05) is 0 Å². The van der Waals surface area contributed by atoms with Gasteiger partial charge in [-0.2, -0.15) is 0 Å². The zero-order chi connectivity index (χ0) is 5.70. The van der Waals surface area contributed by atoms with Gasteiger partial charge >= 0.3 is 0 Å². The van der Waals surface area contributed by atoms with E-state index in [1.54, 1.807) is 0 Å². The van der Waals surface area contributed by atoms with E-state index in [9.17, 15) is 0 Å². The highest BCUT2D eigenvalue weighted by atomic mass is 127. The van der Waals surface area contributed by atoms with Gasteiger partial charge < -0.3 is 0 Å². The fourth-order valence-corrected chi connectivity index (χ4v) is 2.07. The van der Waals surface area contributed by atoms with Crippen molar-refractivity contribution in [3.8, 4) is 0 Å². The van der Waals surface area contributed by atoms with Gasteiger partial charge in [-0.15, -0.1) is 11.6 Å². The molecule has 0 saturated heterocycles. The van der Waals surface area contributed by atoms with E-state index in [0.717, 1.165) is 11.2 Å². The highest BCUT2D eigenvalue weighted by Gasteiger charge is 1.97. The molecule has 0 radical (unpaired) electrons. The van der Waals surface area contributed by atoms with Crippen molar-refractivity contribution in [3.05, 3.63) is 0 Å². The molecule has 44 valence electrons. The predicted octanol–water partition coefficient (Wildman–Crippen LogP) is 2.81. The Morgan fingerprint density at radius 2 is 2.29 bits per heavy atom. The monoisotopic (exact) mass is 296 g/mol. The van der Waals surface area contributed by atoms with Crippen molar-refractivity contribution < 1.29 is 0 Å². The molecule has 7 heavy (non-hydrogen) atoms. The first-order valence-electron chi connectivity index (χ1n) is 2.07. The van der Waals surface area contributed by atoms with Crippen molar-refractivity contribution in [1.29, 1.82) is 0 Å². The predicted molar refractivity (Wildman–Crippen MR) is 46.9 cm³/mol. The summed E-state index contributed by atoms with van der Waals surface area (Å²) in [6.45, 7) is 0. The van der Waals surface area contributed by atoms with Crippen molar-refractivity contribution in [2.45, 2.75) is 10.3 Å². The van der Waals surface area contributed by atoms with Gasteiger partial charge in [0.15, 0.2) is 0 Å². The molecule has 0 amide bonds. The second kappa shape index (κ2) is 5.63. The zero-order valence-corrected chi connectivity index (χ0v) is 8.33. The molecule has 0 rings (SSSR count). The summed E-state index contributed by atoms with van der Waals surface area (Å²) in [6.07, 6.45) is 1.17. The lowest BCUT2D eigenvalue weighted by Crippen LogP contribution is -1.98. The molecular weight excluding hydrogens is 290 g/mol. The first kappa shape index (κ1) is 8.50. The third kappa shape index (κ3) is 5.37. The lowest BCUT2D eigenvalue weighted by molar-refractivity contribution is 0.962. The molecular formula is C4H7BrClI. The average molecular weight is 297 g/mol. The maximum Gasteiger partial charge on any atom is 0.0341 e. The molecule has 0 aromatic heterocycles. The Morgan fingerprint density at radius 1 is 1.71 bits per heavy atom. The normalized spacial score (nSPS) is 14.1. The van der Waals surface area contributed by atoms with Crippen LogP contribution in [0.25, 0.3) is 0 Å². The molecule has 0 aliphatic heterocycles. The molecule has 0 aromatic carbocycles. The summed E-state index contributed by atoms with van der Waals surface area (Å²) in [4.78, 5) is 0. The molecule has 0 aromatic rings. The molecule has 1 atom stereocenters. The quantitative estimate of drug-likeness (QED) is 0.555. The van der Waals surface area contributed by atoms with Crippen LogP contribution in [0.3, 0.4) is 0 Å². The molecule has 0 spiro atoms. The number of hydrogen-bond donors (Lipinski definition) is 0. The third-order valence-corrected chi connectivity index (χ3v) is 3.00. The lowest BCUT2D eigenvalue weighted by atomic mass is 10.4. The highest BCUT2D eigenvalue weighted by Crippen LogP contribution is 2.08. The molecule has 0 fully saturated rings. The van der Waals surface area contributed by atoms with E-state index in [2.05, 4.69) is 38.5 Å². The molecule has 3 heteroatoms. The van der Waals surface area contributed by atoms with Gasteiger partial charge in [0, 0.05) is 15.1 Å². The van der Waals surface area contributed by atoms with Gasteiger partial charge in [0.1, 0.15) is 0 Å². The second-order valence-corrected chi connectivity index (χ2v) is 4.09. The highest BCUT2D eigenvalue weighted by molar-refractivity contribution is 14.1. The minimum atomic E-state index is 0.638. The third-order valence-electron chi connectivity index (χ3n) is 0.590. The maximum atomic E-state index is 5.50. The summed E-state index contributed by atoms with van der Waals surface area (Å²) >= 11 is 11.2. The van der Waals surface area contributed by atoms with E-state index in [4.69, 9.17) is 11.6 Å². The van der Waals surface area contributed by atoms with Crippen molar-refractivity contribution in [2.24, 2.45) is 0 Å². The van der Waals surface area contributed by atoms with Gasteiger partial charge in [0.05, 0.1) is 0 Å². The molecule has 0 nitrogen and oxygen atoms in total. The topological polar surface area (TPSA) is 0 Å². The molecule has 1 unspecified atom stereocenters. The van der Waals surface area contributed by atoms with E-state index < -0.39 is 0 Å². The molecule has 0 heterocycles. The van der Waals surface area contributed by atoms with Crippen LogP contribution in [-0.4, -0.2) is 15.1 Å². The minimum Gasteiger partial charge on any atom is -0.126 e. The number of rotatable bonds is 3. The number of halogens is 3. The smallest absolute Gasteiger partial charge is 0.0341 e. The van der Waals surface area contributed by atoms with Gasteiger partial charge in [0.25, 0.3) is 0 Å². The first-order valence-corrected chi connectivity index (χ1v) is 4.97. The summed E-state index contributed by atoms with van der Waals surface area (Å²) in [5, 5.41) is 1.06. The standard InChI is InChI=1S/C4H7BrClI/c5-2-1-4(7)3-6/h4H,1-3H2. The van der Waals surface area contributed by atoms with Crippen LogP contribution in [0.1, 0.15) is 6.42 Å². The molecule has 0 bridgehead atoms. The summed E-state index contributed by atoms with van der Waals surface area (Å²) in [5.41, 5.74) is 0. The average Bonchev–Trinajstić information content (AvgIpc) is 1.68. The van der Waals surface area contributed by atoms with Crippen LogP contribution in [-0.2, 0) is 0 Å². The minimum absolute atomic E-state index is 0.638. The van der Waals surface area contributed by atoms with Gasteiger partial charge in [-0.1, -0.05) is 38.5 Å². The fourth-order valence-electron chi connectivity index (χ4n) is 0.196. The maximum absolute atomic E-state index is 5.50. The Kier molecular flexibility index (Phi) is 6.84. The Morgan fingerprint density at radius 3 is 2.43 bits per heavy atom. The number of hydrogen-bond acceptors (Lipinski definition) is 0. The second-order valence-electron chi connectivity index (χ2n) is 1.23. The number of alkyl halides is 3. The molecule has 0 aliphatic rings. The van der Waals surface area contributed by atoms with Crippen LogP contribution < -0.4 is 0 Å². The molecule has 0 saturated carbocycles. The van der Waals surface area contributed by atoms with Crippen LogP contribution in [0.15, 0.2) is 0 Å². The Labute approximate surface area is 71.3 Å². The van der Waals surface area contributed by atoms with Crippen molar-refractivity contribution in [3.63, 3.8) is 0 Å². The SMILES string of the molecule is ClCC(I)CCBr. The van der Waals surface area contributed by atoms with Crippen molar-refractivity contribution >= 4 is 50.1 Å². The van der Waals surface area contributed by atoms with Crippen molar-refractivity contribution in [2.75, 3.05) is 11.2 Å². The fraction of sp³-hybridized carbons (Fsp3) is 1.00. The summed E-state index contributed by atoms with van der Waals surface area (Å²) in [7, 11) is 0. The van der Waals surface area contributed by atoms with E-state index in [0.29, 0.717) is 3.92 Å². The van der Waals surface area contributed by atoms with Gasteiger partial charge in [-0.3, -0.25) is 0 Å². The largest absolute Gasteiger partial charge is 0.126 e. The van der Waals surface area contributed by atoms with Gasteiger partial charge in [-0.25, -0.2) is 0 Å². The lowest BCUT2D eigenvalue weighted by Gasteiger charge is -1.98. The van der Waals surface area contributed by atoms with Gasteiger partial charge in [-0.05, 0) is 6.42 Å². The van der Waals surface area contributed by atoms with Crippen LogP contribution in [0.5, 0.6) is 0 Å². The Bertz CT molecular complexity index is 42.7. The van der Waals surface area contributed by atoms with Crippen molar-refractivity contribution in [1.82, 2.24) is 0 Å². The molecule has 0 aliphatic carbocycles. The first-order chi connectivity index (χ1) is 3.31. The van der Waals surface area contributed by atoms with E-state index in [-0.39, 0.29) is 0 Å². The Hall–Kier alpha value is 1.50. The molecule has 0 N–H and O–H groups in total. The van der Waals surface area contributed by atoms with Crippen LogP contribution >= 0.6 is 50.1 Å². The van der Waals surface area contributed by atoms with Crippen LogP contribution in [0.2, 0.25) is 0 Å². The van der Waals surface area contributed by atoms with E-state index in [1.165, 1.54) is 6.42 Å². The Balaban J connectivity index is 2.83. The van der Waals surface area contributed by atoms with E-state index >= 15 is 0 Å².